The maximum atomic E-state index is 9.39. The third-order valence-electron chi connectivity index (χ3n) is 4.22. The molecule has 1 aliphatic rings. The van der Waals surface area contributed by atoms with Crippen LogP contribution >= 0.6 is 0 Å². The smallest absolute Gasteiger partial charge is 0.119 e. The van der Waals surface area contributed by atoms with Crippen molar-refractivity contribution < 1.29 is 9.84 Å². The number of benzene rings is 1. The molecule has 1 fully saturated rings. The summed E-state index contributed by atoms with van der Waals surface area (Å²) in [4.78, 5) is 4.89. The summed E-state index contributed by atoms with van der Waals surface area (Å²) >= 11 is 0. The molecule has 1 N–H and O–H groups in total. The summed E-state index contributed by atoms with van der Waals surface area (Å²) in [6.45, 7) is 10.3. The quantitative estimate of drug-likeness (QED) is 0.833. The Hall–Kier alpha value is -1.10. The number of ether oxygens (including phenoxy) is 1. The highest BCUT2D eigenvalue weighted by Gasteiger charge is 2.22. The van der Waals surface area contributed by atoms with Gasteiger partial charge in [0.2, 0.25) is 0 Å². The standard InChI is InChI=1S/C17H28N2O2/c1-3-16(14-20)19-10-8-18(9-11-19)13-15-6-5-7-17(12-15)21-4-2/h5-7,12,16,20H,3-4,8-11,13-14H2,1-2H3. The van der Waals surface area contributed by atoms with Crippen LogP contribution in [0.25, 0.3) is 0 Å². The number of aliphatic hydroxyl groups excluding tert-OH is 1. The van der Waals surface area contributed by atoms with Crippen LogP contribution < -0.4 is 4.74 Å². The van der Waals surface area contributed by atoms with Crippen LogP contribution in [-0.2, 0) is 6.54 Å². The van der Waals surface area contributed by atoms with E-state index in [1.165, 1.54) is 5.56 Å². The van der Waals surface area contributed by atoms with E-state index in [1.807, 2.05) is 13.0 Å². The zero-order valence-corrected chi connectivity index (χ0v) is 13.3. The molecule has 21 heavy (non-hydrogen) atoms. The van der Waals surface area contributed by atoms with Crippen LogP contribution in [0.5, 0.6) is 5.75 Å². The number of hydrogen-bond donors (Lipinski definition) is 1. The summed E-state index contributed by atoms with van der Waals surface area (Å²) in [5.41, 5.74) is 1.31. The Morgan fingerprint density at radius 1 is 1.19 bits per heavy atom. The molecule has 0 aliphatic carbocycles. The van der Waals surface area contributed by atoms with Gasteiger partial charge in [-0.15, -0.1) is 0 Å². The molecule has 1 aromatic rings. The first-order valence-corrected chi connectivity index (χ1v) is 8.05. The van der Waals surface area contributed by atoms with Gasteiger partial charge in [-0.3, -0.25) is 9.80 Å². The Balaban J connectivity index is 1.84. The molecule has 1 heterocycles. The van der Waals surface area contributed by atoms with E-state index in [9.17, 15) is 5.11 Å². The zero-order chi connectivity index (χ0) is 15.1. The van der Waals surface area contributed by atoms with Crippen molar-refractivity contribution in [2.24, 2.45) is 0 Å². The highest BCUT2D eigenvalue weighted by Crippen LogP contribution is 2.16. The lowest BCUT2D eigenvalue weighted by molar-refractivity contribution is 0.0608. The molecule has 0 radical (unpaired) electrons. The van der Waals surface area contributed by atoms with Crippen LogP contribution in [0.15, 0.2) is 24.3 Å². The molecule has 0 aromatic heterocycles. The van der Waals surface area contributed by atoms with Crippen molar-refractivity contribution in [3.05, 3.63) is 29.8 Å². The number of hydrogen-bond acceptors (Lipinski definition) is 4. The van der Waals surface area contributed by atoms with E-state index >= 15 is 0 Å². The van der Waals surface area contributed by atoms with Gasteiger partial charge in [0.1, 0.15) is 5.75 Å². The van der Waals surface area contributed by atoms with Crippen molar-refractivity contribution in [1.82, 2.24) is 9.80 Å². The lowest BCUT2D eigenvalue weighted by Crippen LogP contribution is -2.50. The summed E-state index contributed by atoms with van der Waals surface area (Å²) in [5.74, 6) is 0.958. The van der Waals surface area contributed by atoms with E-state index in [2.05, 4.69) is 34.9 Å². The van der Waals surface area contributed by atoms with E-state index in [1.54, 1.807) is 0 Å². The first-order chi connectivity index (χ1) is 10.3. The summed E-state index contributed by atoms with van der Waals surface area (Å²) < 4.78 is 5.56. The van der Waals surface area contributed by atoms with Gasteiger partial charge in [-0.1, -0.05) is 19.1 Å². The van der Waals surface area contributed by atoms with Crippen LogP contribution in [0.3, 0.4) is 0 Å². The van der Waals surface area contributed by atoms with Gasteiger partial charge in [0.25, 0.3) is 0 Å². The summed E-state index contributed by atoms with van der Waals surface area (Å²) in [6.07, 6.45) is 1.02. The molecule has 118 valence electrons. The van der Waals surface area contributed by atoms with Crippen molar-refractivity contribution in [3.63, 3.8) is 0 Å². The molecule has 2 rings (SSSR count). The molecule has 1 unspecified atom stereocenters. The van der Waals surface area contributed by atoms with Crippen molar-refractivity contribution in [3.8, 4) is 5.75 Å². The Morgan fingerprint density at radius 3 is 2.57 bits per heavy atom. The number of nitrogens with zero attached hydrogens (tertiary/aromatic N) is 2. The summed E-state index contributed by atoms with van der Waals surface area (Å²) in [6, 6.07) is 8.71. The molecule has 0 saturated carbocycles. The molecule has 4 heteroatoms. The van der Waals surface area contributed by atoms with Gasteiger partial charge in [0.05, 0.1) is 13.2 Å². The van der Waals surface area contributed by atoms with Gasteiger partial charge >= 0.3 is 0 Å². The molecule has 0 spiro atoms. The van der Waals surface area contributed by atoms with Gasteiger partial charge in [-0.05, 0) is 31.0 Å². The third kappa shape index (κ3) is 4.70. The average molecular weight is 292 g/mol. The van der Waals surface area contributed by atoms with E-state index in [0.29, 0.717) is 12.6 Å². The van der Waals surface area contributed by atoms with Crippen LogP contribution in [0, 0.1) is 0 Å². The van der Waals surface area contributed by atoms with Crippen molar-refractivity contribution in [2.45, 2.75) is 32.9 Å². The van der Waals surface area contributed by atoms with Crippen LogP contribution in [0.4, 0.5) is 0 Å². The Kier molecular flexibility index (Phi) is 6.49. The van der Waals surface area contributed by atoms with E-state index in [0.717, 1.165) is 44.9 Å². The Bertz CT molecular complexity index is 413. The van der Waals surface area contributed by atoms with Crippen LogP contribution in [-0.4, -0.2) is 60.3 Å². The molecule has 1 aromatic carbocycles. The molecule has 0 amide bonds. The highest BCUT2D eigenvalue weighted by atomic mass is 16.5. The van der Waals surface area contributed by atoms with Crippen LogP contribution in [0.1, 0.15) is 25.8 Å². The first-order valence-electron chi connectivity index (χ1n) is 8.05. The average Bonchev–Trinajstić information content (AvgIpc) is 2.51. The Labute approximate surface area is 128 Å². The molecule has 4 nitrogen and oxygen atoms in total. The largest absolute Gasteiger partial charge is 0.494 e. The monoisotopic (exact) mass is 292 g/mol. The lowest BCUT2D eigenvalue weighted by atomic mass is 10.1. The van der Waals surface area contributed by atoms with E-state index in [4.69, 9.17) is 4.74 Å². The Morgan fingerprint density at radius 2 is 1.95 bits per heavy atom. The van der Waals surface area contributed by atoms with Gasteiger partial charge < -0.3 is 9.84 Å². The summed E-state index contributed by atoms with van der Waals surface area (Å²) in [5, 5.41) is 9.39. The normalized spacial score (nSPS) is 18.6. The minimum absolute atomic E-state index is 0.271. The minimum atomic E-state index is 0.271. The second-order valence-corrected chi connectivity index (χ2v) is 5.64. The van der Waals surface area contributed by atoms with Crippen molar-refractivity contribution in [1.29, 1.82) is 0 Å². The van der Waals surface area contributed by atoms with Crippen LogP contribution in [0.2, 0.25) is 0 Å². The predicted octanol–water partition coefficient (Wildman–Crippen LogP) is 1.97. The molecule has 0 bridgehead atoms. The molecular formula is C17H28N2O2. The maximum Gasteiger partial charge on any atom is 0.119 e. The van der Waals surface area contributed by atoms with E-state index in [-0.39, 0.29) is 6.61 Å². The second kappa shape index (κ2) is 8.37. The SMILES string of the molecule is CCOc1cccc(CN2CCN(C(CC)CO)CC2)c1. The topological polar surface area (TPSA) is 35.9 Å². The van der Waals surface area contributed by atoms with Crippen molar-refractivity contribution >= 4 is 0 Å². The number of piperazine rings is 1. The van der Waals surface area contributed by atoms with Gasteiger partial charge in [-0.2, -0.15) is 0 Å². The number of aliphatic hydroxyl groups is 1. The lowest BCUT2D eigenvalue weighted by Gasteiger charge is -2.38. The van der Waals surface area contributed by atoms with Gasteiger partial charge in [0, 0.05) is 38.8 Å². The minimum Gasteiger partial charge on any atom is -0.494 e. The fourth-order valence-electron chi connectivity index (χ4n) is 2.95. The van der Waals surface area contributed by atoms with Gasteiger partial charge in [0.15, 0.2) is 0 Å². The van der Waals surface area contributed by atoms with Crippen molar-refractivity contribution in [2.75, 3.05) is 39.4 Å². The first kappa shape index (κ1) is 16.3. The predicted molar refractivity (Wildman–Crippen MR) is 85.6 cm³/mol. The van der Waals surface area contributed by atoms with E-state index < -0.39 is 0 Å². The van der Waals surface area contributed by atoms with Gasteiger partial charge in [-0.25, -0.2) is 0 Å². The fourth-order valence-corrected chi connectivity index (χ4v) is 2.95. The molecule has 1 atom stereocenters. The molecule has 1 saturated heterocycles. The maximum absolute atomic E-state index is 9.39. The number of rotatable bonds is 7. The highest BCUT2D eigenvalue weighted by molar-refractivity contribution is 5.28. The molecule has 1 aliphatic heterocycles. The summed E-state index contributed by atoms with van der Waals surface area (Å²) in [7, 11) is 0. The second-order valence-electron chi connectivity index (χ2n) is 5.64. The third-order valence-corrected chi connectivity index (χ3v) is 4.22. The fraction of sp³-hybridized carbons (Fsp3) is 0.647. The molecular weight excluding hydrogens is 264 g/mol. The zero-order valence-electron chi connectivity index (χ0n) is 13.3.